The molecule has 0 radical (unpaired) electrons. The molecule has 0 bridgehead atoms. The second-order valence-corrected chi connectivity index (χ2v) is 10.0. The van der Waals surface area contributed by atoms with Crippen molar-refractivity contribution < 1.29 is 22.7 Å². The van der Waals surface area contributed by atoms with Crippen molar-refractivity contribution in [3.8, 4) is 11.5 Å². The Balaban J connectivity index is 1.93. The number of sulfonamides is 1. The van der Waals surface area contributed by atoms with E-state index < -0.39 is 22.5 Å². The van der Waals surface area contributed by atoms with E-state index in [0.717, 1.165) is 15.4 Å². The number of benzene rings is 3. The van der Waals surface area contributed by atoms with Crippen LogP contribution in [0.2, 0.25) is 5.02 Å². The molecule has 0 heterocycles. The lowest BCUT2D eigenvalue weighted by Crippen LogP contribution is -2.41. The van der Waals surface area contributed by atoms with Gasteiger partial charge in [-0.2, -0.15) is 0 Å². The van der Waals surface area contributed by atoms with E-state index in [4.69, 9.17) is 21.1 Å². The quantitative estimate of drug-likeness (QED) is 0.457. The molecule has 180 valence electrons. The summed E-state index contributed by atoms with van der Waals surface area (Å²) in [5.41, 5.74) is 2.33. The molecule has 0 fully saturated rings. The molecule has 0 aliphatic rings. The molecule has 0 spiro atoms. The fourth-order valence-corrected chi connectivity index (χ4v) is 4.95. The lowest BCUT2D eigenvalue weighted by Gasteiger charge is -2.25. The fraction of sp³-hybridized carbons (Fsp3) is 0.240. The van der Waals surface area contributed by atoms with Crippen LogP contribution in [0.15, 0.2) is 71.6 Å². The molecule has 0 aliphatic heterocycles. The molecule has 1 amide bonds. The van der Waals surface area contributed by atoms with Crippen LogP contribution in [-0.4, -0.2) is 35.1 Å². The summed E-state index contributed by atoms with van der Waals surface area (Å²) in [6.45, 7) is 3.41. The number of methoxy groups -OCH3 is 2. The van der Waals surface area contributed by atoms with Gasteiger partial charge in [0.15, 0.2) is 11.5 Å². The number of nitrogens with zero attached hydrogens (tertiary/aromatic N) is 1. The number of carbonyl (C=O) groups excluding carboxylic acids is 1. The van der Waals surface area contributed by atoms with Gasteiger partial charge in [0.25, 0.3) is 10.0 Å². The minimum absolute atomic E-state index is 0.0421. The van der Waals surface area contributed by atoms with Gasteiger partial charge in [0.1, 0.15) is 6.54 Å². The first kappa shape index (κ1) is 25.4. The second-order valence-electron chi connectivity index (χ2n) is 7.70. The van der Waals surface area contributed by atoms with Gasteiger partial charge in [0.05, 0.1) is 30.8 Å². The molecule has 1 atom stereocenters. The van der Waals surface area contributed by atoms with Crippen molar-refractivity contribution >= 4 is 33.2 Å². The maximum Gasteiger partial charge on any atom is 0.264 e. The third kappa shape index (κ3) is 5.81. The van der Waals surface area contributed by atoms with Gasteiger partial charge in [-0.3, -0.25) is 9.10 Å². The third-order valence-electron chi connectivity index (χ3n) is 5.30. The van der Waals surface area contributed by atoms with Gasteiger partial charge >= 0.3 is 0 Å². The Kier molecular flexibility index (Phi) is 8.06. The van der Waals surface area contributed by atoms with Gasteiger partial charge < -0.3 is 14.8 Å². The van der Waals surface area contributed by atoms with Crippen LogP contribution in [0.5, 0.6) is 11.5 Å². The van der Waals surface area contributed by atoms with E-state index in [1.165, 1.54) is 32.4 Å². The van der Waals surface area contributed by atoms with E-state index in [1.807, 2.05) is 38.1 Å². The summed E-state index contributed by atoms with van der Waals surface area (Å²) in [5.74, 6) is 0.202. The Bertz CT molecular complexity index is 1250. The van der Waals surface area contributed by atoms with E-state index in [0.29, 0.717) is 16.5 Å². The van der Waals surface area contributed by atoms with Crippen LogP contribution in [0.1, 0.15) is 24.1 Å². The zero-order valence-corrected chi connectivity index (χ0v) is 21.0. The zero-order valence-electron chi connectivity index (χ0n) is 19.4. The molecule has 0 unspecified atom stereocenters. The number of amides is 1. The van der Waals surface area contributed by atoms with Crippen molar-refractivity contribution in [3.63, 3.8) is 0 Å². The highest BCUT2D eigenvalue weighted by atomic mass is 35.5. The number of anilines is 1. The SMILES string of the molecule is COc1ccc(S(=O)(=O)N(CC(=O)N[C@H](C)c2ccc(C)cc2)c2ccc(Cl)cc2)cc1OC. The topological polar surface area (TPSA) is 84.9 Å². The van der Waals surface area contributed by atoms with Crippen molar-refractivity contribution in [2.24, 2.45) is 0 Å². The molecule has 0 aliphatic carbocycles. The largest absolute Gasteiger partial charge is 0.493 e. The molecule has 0 aromatic heterocycles. The Morgan fingerprint density at radius 2 is 1.59 bits per heavy atom. The van der Waals surface area contributed by atoms with Gasteiger partial charge in [-0.05, 0) is 55.8 Å². The minimum Gasteiger partial charge on any atom is -0.493 e. The smallest absolute Gasteiger partial charge is 0.264 e. The Hall–Kier alpha value is -3.23. The molecule has 7 nitrogen and oxygen atoms in total. The van der Waals surface area contributed by atoms with Crippen LogP contribution in [-0.2, 0) is 14.8 Å². The summed E-state index contributed by atoms with van der Waals surface area (Å²) >= 11 is 6.00. The molecule has 0 saturated heterocycles. The highest BCUT2D eigenvalue weighted by Gasteiger charge is 2.29. The summed E-state index contributed by atoms with van der Waals surface area (Å²) in [4.78, 5) is 12.9. The van der Waals surface area contributed by atoms with Crippen molar-refractivity contribution in [3.05, 3.63) is 82.9 Å². The van der Waals surface area contributed by atoms with E-state index >= 15 is 0 Å². The summed E-state index contributed by atoms with van der Waals surface area (Å²) in [6.07, 6.45) is 0. The molecule has 0 saturated carbocycles. The van der Waals surface area contributed by atoms with E-state index in [1.54, 1.807) is 24.3 Å². The van der Waals surface area contributed by atoms with Crippen LogP contribution >= 0.6 is 11.6 Å². The van der Waals surface area contributed by atoms with E-state index in [2.05, 4.69) is 5.32 Å². The first-order valence-corrected chi connectivity index (χ1v) is 12.3. The van der Waals surface area contributed by atoms with Crippen LogP contribution < -0.4 is 19.1 Å². The molecule has 3 aromatic carbocycles. The summed E-state index contributed by atoms with van der Waals surface area (Å²) in [7, 11) is -1.25. The highest BCUT2D eigenvalue weighted by molar-refractivity contribution is 7.92. The summed E-state index contributed by atoms with van der Waals surface area (Å²) < 4.78 is 38.8. The Labute approximate surface area is 205 Å². The average molecular weight is 503 g/mol. The molecule has 9 heteroatoms. The number of aryl methyl sites for hydroxylation is 1. The maximum atomic E-state index is 13.6. The Morgan fingerprint density at radius 1 is 0.971 bits per heavy atom. The monoisotopic (exact) mass is 502 g/mol. The summed E-state index contributed by atoms with van der Waals surface area (Å²) in [5, 5.41) is 3.32. The average Bonchev–Trinajstić information content (AvgIpc) is 2.83. The first-order chi connectivity index (χ1) is 16.1. The van der Waals surface area contributed by atoms with Gasteiger partial charge in [-0.15, -0.1) is 0 Å². The number of rotatable bonds is 9. The van der Waals surface area contributed by atoms with Gasteiger partial charge in [-0.1, -0.05) is 41.4 Å². The first-order valence-electron chi connectivity index (χ1n) is 10.5. The van der Waals surface area contributed by atoms with Crippen LogP contribution in [0.4, 0.5) is 5.69 Å². The maximum absolute atomic E-state index is 13.6. The standard InChI is InChI=1S/C25H27ClN2O5S/c1-17-5-7-19(8-6-17)18(2)27-25(29)16-28(21-11-9-20(26)10-12-21)34(30,31)22-13-14-23(32-3)24(15-22)33-4/h5-15,18H,16H2,1-4H3,(H,27,29)/t18-/m1/s1. The van der Waals surface area contributed by atoms with Crippen molar-refractivity contribution in [2.75, 3.05) is 25.1 Å². The lowest BCUT2D eigenvalue weighted by atomic mass is 10.1. The molecular weight excluding hydrogens is 476 g/mol. The van der Waals surface area contributed by atoms with Crippen LogP contribution in [0.3, 0.4) is 0 Å². The Morgan fingerprint density at radius 3 is 2.18 bits per heavy atom. The van der Waals surface area contributed by atoms with E-state index in [-0.39, 0.29) is 16.7 Å². The van der Waals surface area contributed by atoms with Gasteiger partial charge in [0.2, 0.25) is 5.91 Å². The highest BCUT2D eigenvalue weighted by Crippen LogP contribution is 2.32. The second kappa shape index (κ2) is 10.8. The lowest BCUT2D eigenvalue weighted by molar-refractivity contribution is -0.120. The van der Waals surface area contributed by atoms with Crippen molar-refractivity contribution in [1.82, 2.24) is 5.32 Å². The molecule has 3 aromatic rings. The van der Waals surface area contributed by atoms with Crippen LogP contribution in [0, 0.1) is 6.92 Å². The minimum atomic E-state index is -4.13. The van der Waals surface area contributed by atoms with Gasteiger partial charge in [0, 0.05) is 11.1 Å². The normalized spacial score (nSPS) is 12.0. The van der Waals surface area contributed by atoms with Gasteiger partial charge in [-0.25, -0.2) is 8.42 Å². The van der Waals surface area contributed by atoms with Crippen LogP contribution in [0.25, 0.3) is 0 Å². The molecule has 3 rings (SSSR count). The number of nitrogens with one attached hydrogen (secondary N) is 1. The molecular formula is C25H27ClN2O5S. The fourth-order valence-electron chi connectivity index (χ4n) is 3.38. The third-order valence-corrected chi connectivity index (χ3v) is 7.32. The number of ether oxygens (including phenoxy) is 2. The van der Waals surface area contributed by atoms with E-state index in [9.17, 15) is 13.2 Å². The number of hydrogen-bond acceptors (Lipinski definition) is 5. The molecule has 1 N–H and O–H groups in total. The van der Waals surface area contributed by atoms with Crippen molar-refractivity contribution in [1.29, 1.82) is 0 Å². The number of hydrogen-bond donors (Lipinski definition) is 1. The summed E-state index contributed by atoms with van der Waals surface area (Å²) in [6, 6.07) is 18.0. The predicted molar refractivity (Wildman–Crippen MR) is 133 cm³/mol. The zero-order chi connectivity index (χ0) is 24.9. The molecule has 34 heavy (non-hydrogen) atoms. The number of halogens is 1. The predicted octanol–water partition coefficient (Wildman–Crippen LogP) is 4.74. The number of carbonyl (C=O) groups is 1. The van der Waals surface area contributed by atoms with Crippen molar-refractivity contribution in [2.45, 2.75) is 24.8 Å².